The molecule has 0 saturated carbocycles. The van der Waals surface area contributed by atoms with Gasteiger partial charge in [0.1, 0.15) is 11.6 Å². The van der Waals surface area contributed by atoms with Crippen molar-refractivity contribution in [2.75, 3.05) is 5.73 Å². The highest BCUT2D eigenvalue weighted by atomic mass is 15.4. The third-order valence-electron chi connectivity index (χ3n) is 2.23. The summed E-state index contributed by atoms with van der Waals surface area (Å²) in [6.45, 7) is 4.05. The Bertz CT molecular complexity index is 473. The number of nitrogens with zero attached hydrogens (tertiary/aromatic N) is 5. The van der Waals surface area contributed by atoms with Gasteiger partial charge in [-0.2, -0.15) is 4.68 Å². The molecular formula is C10H14N6. The predicted octanol–water partition coefficient (Wildman–Crippen LogP) is 0.764. The fraction of sp³-hybridized carbons (Fsp3) is 0.400. The van der Waals surface area contributed by atoms with Crippen LogP contribution in [0.15, 0.2) is 12.4 Å². The highest BCUT2D eigenvalue weighted by Gasteiger charge is 2.09. The minimum atomic E-state index is 0.401. The fourth-order valence-electron chi connectivity index (χ4n) is 1.39. The molecule has 0 radical (unpaired) electrons. The summed E-state index contributed by atoms with van der Waals surface area (Å²) < 4.78 is 1.71. The summed E-state index contributed by atoms with van der Waals surface area (Å²) in [6.07, 6.45) is 4.73. The van der Waals surface area contributed by atoms with Gasteiger partial charge in [-0.1, -0.05) is 13.8 Å². The van der Waals surface area contributed by atoms with Gasteiger partial charge in [0.25, 0.3) is 0 Å². The molecule has 2 aromatic heterocycles. The van der Waals surface area contributed by atoms with Gasteiger partial charge in [-0.15, -0.1) is 5.10 Å². The van der Waals surface area contributed by atoms with Crippen molar-refractivity contribution in [1.29, 1.82) is 0 Å². The van der Waals surface area contributed by atoms with Gasteiger partial charge in [0, 0.05) is 12.8 Å². The van der Waals surface area contributed by atoms with Crippen LogP contribution in [0.25, 0.3) is 5.82 Å². The van der Waals surface area contributed by atoms with Gasteiger partial charge in [-0.3, -0.25) is 0 Å². The summed E-state index contributed by atoms with van der Waals surface area (Å²) in [5.74, 6) is 2.75. The van der Waals surface area contributed by atoms with Crippen molar-refractivity contribution in [2.45, 2.75) is 26.7 Å². The number of hydrogen-bond donors (Lipinski definition) is 1. The summed E-state index contributed by atoms with van der Waals surface area (Å²) in [6, 6.07) is 0. The van der Waals surface area contributed by atoms with Gasteiger partial charge in [-0.05, 0) is 0 Å². The number of hydrogen-bond acceptors (Lipinski definition) is 5. The van der Waals surface area contributed by atoms with Crippen LogP contribution in [0.2, 0.25) is 0 Å². The monoisotopic (exact) mass is 218 g/mol. The largest absolute Gasteiger partial charge is 0.382 e. The molecule has 6 nitrogen and oxygen atoms in total. The molecule has 0 bridgehead atoms. The Morgan fingerprint density at radius 1 is 1.19 bits per heavy atom. The Morgan fingerprint density at radius 3 is 2.56 bits per heavy atom. The predicted molar refractivity (Wildman–Crippen MR) is 60.1 cm³/mol. The topological polar surface area (TPSA) is 82.5 Å². The standard InChI is InChI=1S/C10H14N6/c1-3-8-14-9(4-2)16(15-8)10-6-12-7(11)5-13-10/h5-6H,3-4H2,1-2H3,(H2,11,12). The maximum absolute atomic E-state index is 5.49. The van der Waals surface area contributed by atoms with Crippen LogP contribution >= 0.6 is 0 Å². The molecule has 0 aliphatic rings. The first-order valence-electron chi connectivity index (χ1n) is 5.27. The van der Waals surface area contributed by atoms with Crippen molar-refractivity contribution in [3.8, 4) is 5.82 Å². The van der Waals surface area contributed by atoms with E-state index in [1.54, 1.807) is 10.9 Å². The molecule has 0 saturated heterocycles. The zero-order chi connectivity index (χ0) is 11.5. The molecule has 2 aromatic rings. The number of nitrogen functional groups attached to an aromatic ring is 1. The Balaban J connectivity index is 2.45. The molecule has 2 N–H and O–H groups in total. The third-order valence-corrected chi connectivity index (χ3v) is 2.23. The van der Waals surface area contributed by atoms with Crippen molar-refractivity contribution >= 4 is 5.82 Å². The normalized spacial score (nSPS) is 10.6. The van der Waals surface area contributed by atoms with E-state index in [1.165, 1.54) is 6.20 Å². The van der Waals surface area contributed by atoms with Crippen molar-refractivity contribution in [3.05, 3.63) is 24.0 Å². The number of anilines is 1. The molecule has 16 heavy (non-hydrogen) atoms. The number of aryl methyl sites for hydroxylation is 2. The van der Waals surface area contributed by atoms with Gasteiger partial charge >= 0.3 is 0 Å². The van der Waals surface area contributed by atoms with E-state index in [0.29, 0.717) is 11.6 Å². The van der Waals surface area contributed by atoms with Crippen LogP contribution in [-0.2, 0) is 12.8 Å². The average molecular weight is 218 g/mol. The zero-order valence-electron chi connectivity index (χ0n) is 9.38. The molecular weight excluding hydrogens is 204 g/mol. The summed E-state index contributed by atoms with van der Waals surface area (Å²) in [4.78, 5) is 12.6. The second-order valence-electron chi connectivity index (χ2n) is 3.36. The van der Waals surface area contributed by atoms with E-state index in [-0.39, 0.29) is 0 Å². The smallest absolute Gasteiger partial charge is 0.174 e. The maximum Gasteiger partial charge on any atom is 0.174 e. The van der Waals surface area contributed by atoms with Crippen LogP contribution in [-0.4, -0.2) is 24.7 Å². The van der Waals surface area contributed by atoms with Crippen LogP contribution in [0.1, 0.15) is 25.5 Å². The van der Waals surface area contributed by atoms with Gasteiger partial charge in [-0.25, -0.2) is 15.0 Å². The van der Waals surface area contributed by atoms with E-state index in [2.05, 4.69) is 20.1 Å². The van der Waals surface area contributed by atoms with Crippen LogP contribution in [0.4, 0.5) is 5.82 Å². The first-order chi connectivity index (χ1) is 7.74. The van der Waals surface area contributed by atoms with Crippen LogP contribution in [0.5, 0.6) is 0 Å². The van der Waals surface area contributed by atoms with E-state index in [9.17, 15) is 0 Å². The van der Waals surface area contributed by atoms with Crippen LogP contribution < -0.4 is 5.73 Å². The minimum absolute atomic E-state index is 0.401. The molecule has 0 amide bonds. The van der Waals surface area contributed by atoms with Gasteiger partial charge < -0.3 is 5.73 Å². The molecule has 0 aliphatic heterocycles. The van der Waals surface area contributed by atoms with Crippen LogP contribution in [0.3, 0.4) is 0 Å². The number of aromatic nitrogens is 5. The molecule has 0 fully saturated rings. The second-order valence-corrected chi connectivity index (χ2v) is 3.36. The molecule has 0 atom stereocenters. The summed E-state index contributed by atoms with van der Waals surface area (Å²) in [7, 11) is 0. The Labute approximate surface area is 93.6 Å². The van der Waals surface area contributed by atoms with E-state index < -0.39 is 0 Å². The lowest BCUT2D eigenvalue weighted by molar-refractivity contribution is 0.764. The third kappa shape index (κ3) is 1.86. The molecule has 6 heteroatoms. The molecule has 0 aliphatic carbocycles. The summed E-state index contributed by atoms with van der Waals surface area (Å²) in [5.41, 5.74) is 5.49. The van der Waals surface area contributed by atoms with E-state index in [0.717, 1.165) is 24.5 Å². The minimum Gasteiger partial charge on any atom is -0.382 e. The molecule has 2 heterocycles. The van der Waals surface area contributed by atoms with Gasteiger partial charge in [0.2, 0.25) is 0 Å². The summed E-state index contributed by atoms with van der Waals surface area (Å²) >= 11 is 0. The fourth-order valence-corrected chi connectivity index (χ4v) is 1.39. The van der Waals surface area contributed by atoms with Crippen molar-refractivity contribution in [3.63, 3.8) is 0 Å². The van der Waals surface area contributed by atoms with Gasteiger partial charge in [0.05, 0.1) is 12.4 Å². The molecule has 0 unspecified atom stereocenters. The molecule has 84 valence electrons. The van der Waals surface area contributed by atoms with E-state index in [4.69, 9.17) is 5.73 Å². The highest BCUT2D eigenvalue weighted by molar-refractivity contribution is 5.28. The van der Waals surface area contributed by atoms with Crippen molar-refractivity contribution in [2.24, 2.45) is 0 Å². The Kier molecular flexibility index (Phi) is 2.80. The van der Waals surface area contributed by atoms with Crippen molar-refractivity contribution in [1.82, 2.24) is 24.7 Å². The number of nitrogens with two attached hydrogens (primary N) is 1. The second kappa shape index (κ2) is 4.26. The lowest BCUT2D eigenvalue weighted by Crippen LogP contribution is -2.05. The van der Waals surface area contributed by atoms with E-state index >= 15 is 0 Å². The SMILES string of the molecule is CCc1nc(CC)n(-c2cnc(N)cn2)n1. The molecule has 0 aromatic carbocycles. The molecule has 2 rings (SSSR count). The van der Waals surface area contributed by atoms with Crippen LogP contribution in [0, 0.1) is 0 Å². The zero-order valence-corrected chi connectivity index (χ0v) is 9.38. The maximum atomic E-state index is 5.49. The first kappa shape index (κ1) is 10.5. The highest BCUT2D eigenvalue weighted by Crippen LogP contribution is 2.08. The Hall–Kier alpha value is -1.98. The lowest BCUT2D eigenvalue weighted by atomic mass is 10.4. The molecule has 0 spiro atoms. The van der Waals surface area contributed by atoms with Crippen molar-refractivity contribution < 1.29 is 0 Å². The Morgan fingerprint density at radius 2 is 2.00 bits per heavy atom. The summed E-state index contributed by atoms with van der Waals surface area (Å²) in [5, 5.41) is 4.36. The first-order valence-corrected chi connectivity index (χ1v) is 5.27. The average Bonchev–Trinajstić information content (AvgIpc) is 2.73. The quantitative estimate of drug-likeness (QED) is 0.822. The van der Waals surface area contributed by atoms with Gasteiger partial charge in [0.15, 0.2) is 11.6 Å². The lowest BCUT2D eigenvalue weighted by Gasteiger charge is -2.02. The number of rotatable bonds is 3. The van der Waals surface area contributed by atoms with E-state index in [1.807, 2.05) is 13.8 Å².